The van der Waals surface area contributed by atoms with Crippen LogP contribution in [0.4, 0.5) is 5.69 Å². The number of benzene rings is 1. The van der Waals surface area contributed by atoms with Crippen molar-refractivity contribution in [2.75, 3.05) is 7.11 Å². The molecular formula is C14H18N2O5. The van der Waals surface area contributed by atoms with Crippen LogP contribution < -0.4 is 10.1 Å². The number of esters is 1. The highest BCUT2D eigenvalue weighted by atomic mass is 16.6. The average Bonchev–Trinajstić information content (AvgIpc) is 3.16. The van der Waals surface area contributed by atoms with E-state index in [1.165, 1.54) is 19.2 Å². The standard InChI is InChI=1S/C14H18N2O5/c1-14(2,3)21-13(17)12-11(15-12)8-5-6-10(20-4)9(7-8)16(18)19/h5-7,11-12,15H,1-4H3/t11-,12-/m0/s1. The number of nitro groups is 1. The molecule has 1 aliphatic heterocycles. The van der Waals surface area contributed by atoms with Gasteiger partial charge in [0.1, 0.15) is 11.6 Å². The molecule has 114 valence electrons. The number of nitrogens with one attached hydrogen (secondary N) is 1. The lowest BCUT2D eigenvalue weighted by molar-refractivity contribution is -0.385. The number of carbonyl (C=O) groups excluding carboxylic acids is 1. The van der Waals surface area contributed by atoms with Crippen molar-refractivity contribution in [1.82, 2.24) is 5.32 Å². The van der Waals surface area contributed by atoms with Crippen molar-refractivity contribution in [2.24, 2.45) is 0 Å². The van der Waals surface area contributed by atoms with Gasteiger partial charge in [0, 0.05) is 6.07 Å². The molecule has 0 aliphatic carbocycles. The summed E-state index contributed by atoms with van der Waals surface area (Å²) in [6.45, 7) is 5.38. The van der Waals surface area contributed by atoms with Gasteiger partial charge in [-0.25, -0.2) is 0 Å². The fraction of sp³-hybridized carbons (Fsp3) is 0.500. The SMILES string of the molecule is COc1ccc([C@@H]2N[C@@H]2C(=O)OC(C)(C)C)cc1[N+](=O)[O-]. The predicted octanol–water partition coefficient (Wildman–Crippen LogP) is 1.96. The maximum absolute atomic E-state index is 11.9. The highest BCUT2D eigenvalue weighted by Crippen LogP contribution is 2.36. The molecule has 1 fully saturated rings. The van der Waals surface area contributed by atoms with Gasteiger partial charge in [0.2, 0.25) is 0 Å². The molecule has 0 amide bonds. The van der Waals surface area contributed by atoms with Crippen molar-refractivity contribution in [3.05, 3.63) is 33.9 Å². The van der Waals surface area contributed by atoms with Gasteiger partial charge >= 0.3 is 11.7 Å². The average molecular weight is 294 g/mol. The van der Waals surface area contributed by atoms with Crippen molar-refractivity contribution in [2.45, 2.75) is 38.5 Å². The smallest absolute Gasteiger partial charge is 0.325 e. The Morgan fingerprint density at radius 3 is 2.57 bits per heavy atom. The summed E-state index contributed by atoms with van der Waals surface area (Å²) >= 11 is 0. The lowest BCUT2D eigenvalue weighted by Crippen LogP contribution is -2.27. The summed E-state index contributed by atoms with van der Waals surface area (Å²) < 4.78 is 10.2. The number of hydrogen-bond donors (Lipinski definition) is 1. The summed E-state index contributed by atoms with van der Waals surface area (Å²) in [5.74, 6) is -0.163. The van der Waals surface area contributed by atoms with E-state index in [1.54, 1.807) is 26.8 Å². The van der Waals surface area contributed by atoms with Crippen LogP contribution in [0.3, 0.4) is 0 Å². The minimum absolute atomic E-state index is 0.119. The van der Waals surface area contributed by atoms with Gasteiger partial charge in [-0.05, 0) is 32.4 Å². The third kappa shape index (κ3) is 3.49. The third-order valence-corrected chi connectivity index (χ3v) is 3.00. The van der Waals surface area contributed by atoms with Crippen LogP contribution in [0.25, 0.3) is 0 Å². The Balaban J connectivity index is 2.13. The monoisotopic (exact) mass is 294 g/mol. The molecule has 7 nitrogen and oxygen atoms in total. The van der Waals surface area contributed by atoms with Crippen LogP contribution in [0, 0.1) is 10.1 Å². The Kier molecular flexibility index (Phi) is 3.87. The van der Waals surface area contributed by atoms with Crippen LogP contribution >= 0.6 is 0 Å². The molecule has 0 bridgehead atoms. The molecular weight excluding hydrogens is 276 g/mol. The Morgan fingerprint density at radius 1 is 1.38 bits per heavy atom. The van der Waals surface area contributed by atoms with E-state index < -0.39 is 16.6 Å². The van der Waals surface area contributed by atoms with E-state index in [2.05, 4.69) is 5.32 Å². The molecule has 1 aromatic carbocycles. The van der Waals surface area contributed by atoms with Crippen molar-refractivity contribution in [3.63, 3.8) is 0 Å². The zero-order valence-electron chi connectivity index (χ0n) is 12.4. The van der Waals surface area contributed by atoms with E-state index in [1.807, 2.05) is 0 Å². The lowest BCUT2D eigenvalue weighted by Gasteiger charge is -2.19. The largest absolute Gasteiger partial charge is 0.490 e. The van der Waals surface area contributed by atoms with Gasteiger partial charge in [-0.15, -0.1) is 0 Å². The van der Waals surface area contributed by atoms with Crippen LogP contribution in [-0.4, -0.2) is 29.6 Å². The molecule has 1 aromatic rings. The highest BCUT2D eigenvalue weighted by molar-refractivity contribution is 5.81. The first-order chi connectivity index (χ1) is 9.73. The molecule has 0 aromatic heterocycles. The zero-order chi connectivity index (χ0) is 15.8. The summed E-state index contributed by atoms with van der Waals surface area (Å²) in [7, 11) is 1.38. The molecule has 1 saturated heterocycles. The summed E-state index contributed by atoms with van der Waals surface area (Å²) in [5, 5.41) is 14.0. The van der Waals surface area contributed by atoms with Gasteiger partial charge in [0.25, 0.3) is 0 Å². The van der Waals surface area contributed by atoms with Crippen molar-refractivity contribution >= 4 is 11.7 Å². The molecule has 1 aliphatic rings. The Labute approximate surface area is 122 Å². The lowest BCUT2D eigenvalue weighted by atomic mass is 10.1. The Hall–Kier alpha value is -2.15. The van der Waals surface area contributed by atoms with Crippen LogP contribution in [-0.2, 0) is 9.53 Å². The minimum atomic E-state index is -0.558. The molecule has 1 N–H and O–H groups in total. The summed E-state index contributed by atoms with van der Waals surface area (Å²) in [4.78, 5) is 22.4. The molecule has 21 heavy (non-hydrogen) atoms. The topological polar surface area (TPSA) is 101 Å². The molecule has 0 saturated carbocycles. The summed E-state index contributed by atoms with van der Waals surface area (Å²) in [5.41, 5.74) is -0.0114. The molecule has 7 heteroatoms. The summed E-state index contributed by atoms with van der Waals surface area (Å²) in [6, 6.07) is 3.93. The molecule has 0 unspecified atom stereocenters. The maximum atomic E-state index is 11.9. The molecule has 0 radical (unpaired) electrons. The Bertz CT molecular complexity index is 579. The fourth-order valence-corrected chi connectivity index (χ4v) is 2.04. The first-order valence-corrected chi connectivity index (χ1v) is 6.54. The number of carbonyl (C=O) groups is 1. The van der Waals surface area contributed by atoms with Crippen LogP contribution in [0.1, 0.15) is 32.4 Å². The number of rotatable bonds is 4. The number of methoxy groups -OCH3 is 1. The Morgan fingerprint density at radius 2 is 2.05 bits per heavy atom. The van der Waals surface area contributed by atoms with E-state index in [0.717, 1.165) is 0 Å². The molecule has 1 heterocycles. The van der Waals surface area contributed by atoms with Gasteiger partial charge in [-0.2, -0.15) is 0 Å². The van der Waals surface area contributed by atoms with E-state index in [9.17, 15) is 14.9 Å². The third-order valence-electron chi connectivity index (χ3n) is 3.00. The molecule has 0 spiro atoms. The van der Waals surface area contributed by atoms with E-state index in [0.29, 0.717) is 5.56 Å². The number of ether oxygens (including phenoxy) is 2. The quantitative estimate of drug-likeness (QED) is 0.394. The van der Waals surface area contributed by atoms with Crippen LogP contribution in [0.5, 0.6) is 5.75 Å². The fourth-order valence-electron chi connectivity index (χ4n) is 2.04. The maximum Gasteiger partial charge on any atom is 0.325 e. The van der Waals surface area contributed by atoms with Crippen molar-refractivity contribution in [1.29, 1.82) is 0 Å². The second-order valence-electron chi connectivity index (χ2n) is 5.84. The van der Waals surface area contributed by atoms with E-state index >= 15 is 0 Å². The van der Waals surface area contributed by atoms with E-state index in [4.69, 9.17) is 9.47 Å². The first kappa shape index (κ1) is 15.2. The molecule has 2 rings (SSSR count). The van der Waals surface area contributed by atoms with Gasteiger partial charge in [0.05, 0.1) is 18.1 Å². The number of hydrogen-bond acceptors (Lipinski definition) is 6. The predicted molar refractivity (Wildman–Crippen MR) is 75.2 cm³/mol. The molecule has 2 atom stereocenters. The minimum Gasteiger partial charge on any atom is -0.490 e. The second kappa shape index (κ2) is 5.33. The van der Waals surface area contributed by atoms with Crippen molar-refractivity contribution < 1.29 is 19.2 Å². The summed E-state index contributed by atoms with van der Waals surface area (Å²) in [6.07, 6.45) is 0. The second-order valence-corrected chi connectivity index (χ2v) is 5.84. The van der Waals surface area contributed by atoms with Crippen LogP contribution in [0.2, 0.25) is 0 Å². The van der Waals surface area contributed by atoms with Crippen LogP contribution in [0.15, 0.2) is 18.2 Å². The number of nitro benzene ring substituents is 1. The van der Waals surface area contributed by atoms with Gasteiger partial charge < -0.3 is 9.47 Å². The normalized spacial score (nSPS) is 20.8. The van der Waals surface area contributed by atoms with E-state index in [-0.39, 0.29) is 23.4 Å². The zero-order valence-corrected chi connectivity index (χ0v) is 12.4. The van der Waals surface area contributed by atoms with Gasteiger partial charge in [-0.3, -0.25) is 20.2 Å². The highest BCUT2D eigenvalue weighted by Gasteiger charge is 2.46. The van der Waals surface area contributed by atoms with Crippen molar-refractivity contribution in [3.8, 4) is 5.75 Å². The van der Waals surface area contributed by atoms with Gasteiger partial charge in [-0.1, -0.05) is 6.07 Å². The number of nitrogens with zero attached hydrogens (tertiary/aromatic N) is 1. The first-order valence-electron chi connectivity index (χ1n) is 6.54. The van der Waals surface area contributed by atoms with Gasteiger partial charge in [0.15, 0.2) is 5.75 Å².